The van der Waals surface area contributed by atoms with Crippen molar-refractivity contribution < 1.29 is 26.9 Å². The third-order valence-electron chi connectivity index (χ3n) is 5.38. The number of aliphatic imine (C=N–C) groups is 1. The summed E-state index contributed by atoms with van der Waals surface area (Å²) in [5.41, 5.74) is 7.21. The molecule has 37 heavy (non-hydrogen) atoms. The SMILES string of the molecule is C=C[C@H](O)[C@H](CCCN=C(N)NS(=O)(=O)c1c(C)cc(C)cc1C)NS(=O)(=O)c1ccccc1[N+](=O)[O-]. The topological polar surface area (TPSA) is 194 Å². The first-order valence-corrected chi connectivity index (χ1v) is 14.1. The number of nitro benzene ring substituents is 1. The van der Waals surface area contributed by atoms with Crippen molar-refractivity contribution in [1.29, 1.82) is 0 Å². The highest BCUT2D eigenvalue weighted by Gasteiger charge is 2.29. The van der Waals surface area contributed by atoms with Gasteiger partial charge in [-0.25, -0.2) is 26.3 Å². The largest absolute Gasteiger partial charge is 0.387 e. The van der Waals surface area contributed by atoms with Crippen LogP contribution in [0.1, 0.15) is 29.5 Å². The molecule has 5 N–H and O–H groups in total. The molecule has 0 aliphatic carbocycles. The number of rotatable bonds is 12. The van der Waals surface area contributed by atoms with Crippen LogP contribution in [0.15, 0.2) is 63.8 Å². The van der Waals surface area contributed by atoms with Gasteiger partial charge in [-0.15, -0.1) is 6.58 Å². The average molecular weight is 554 g/mol. The van der Waals surface area contributed by atoms with Crippen LogP contribution in [0.5, 0.6) is 0 Å². The van der Waals surface area contributed by atoms with E-state index in [-0.39, 0.29) is 30.2 Å². The molecule has 2 atom stereocenters. The predicted octanol–water partition coefficient (Wildman–Crippen LogP) is 1.79. The molecule has 0 aliphatic heterocycles. The summed E-state index contributed by atoms with van der Waals surface area (Å²) < 4.78 is 55.7. The maximum Gasteiger partial charge on any atom is 0.289 e. The predicted molar refractivity (Wildman–Crippen MR) is 140 cm³/mol. The molecule has 14 heteroatoms. The minimum Gasteiger partial charge on any atom is -0.387 e. The van der Waals surface area contributed by atoms with Crippen LogP contribution in [-0.2, 0) is 20.0 Å². The normalized spacial score (nSPS) is 14.1. The fraction of sp³-hybridized carbons (Fsp3) is 0.348. The second kappa shape index (κ2) is 12.3. The lowest BCUT2D eigenvalue weighted by Gasteiger charge is -2.21. The number of benzene rings is 2. The molecular weight excluding hydrogens is 522 g/mol. The minimum absolute atomic E-state index is 0.00773. The Morgan fingerprint density at radius 2 is 1.76 bits per heavy atom. The number of aliphatic hydroxyl groups is 1. The van der Waals surface area contributed by atoms with Gasteiger partial charge >= 0.3 is 0 Å². The molecule has 0 saturated carbocycles. The van der Waals surface area contributed by atoms with Crippen LogP contribution in [0.4, 0.5) is 5.69 Å². The molecule has 0 amide bonds. The van der Waals surface area contributed by atoms with Gasteiger partial charge < -0.3 is 10.8 Å². The van der Waals surface area contributed by atoms with Crippen molar-refractivity contribution in [2.45, 2.75) is 55.5 Å². The smallest absolute Gasteiger partial charge is 0.289 e. The van der Waals surface area contributed by atoms with Crippen LogP contribution in [0, 0.1) is 30.9 Å². The Bertz CT molecular complexity index is 1380. The van der Waals surface area contributed by atoms with Gasteiger partial charge in [0.1, 0.15) is 0 Å². The maximum absolute atomic E-state index is 12.8. The molecular formula is C23H31N5O7S2. The molecule has 0 aromatic heterocycles. The number of nitrogens with two attached hydrogens (primary N) is 1. The van der Waals surface area contributed by atoms with Crippen LogP contribution in [0.3, 0.4) is 0 Å². The van der Waals surface area contributed by atoms with Gasteiger partial charge in [0.25, 0.3) is 15.7 Å². The Balaban J connectivity index is 2.10. The maximum atomic E-state index is 12.8. The fourth-order valence-electron chi connectivity index (χ4n) is 3.88. The van der Waals surface area contributed by atoms with Gasteiger partial charge in [-0.3, -0.25) is 15.1 Å². The van der Waals surface area contributed by atoms with E-state index in [1.807, 2.05) is 6.92 Å². The zero-order valence-electron chi connectivity index (χ0n) is 20.7. The molecule has 0 saturated heterocycles. The lowest BCUT2D eigenvalue weighted by atomic mass is 10.1. The molecule has 12 nitrogen and oxygen atoms in total. The van der Waals surface area contributed by atoms with Crippen molar-refractivity contribution >= 4 is 31.7 Å². The number of aliphatic hydroxyl groups excluding tert-OH is 1. The molecule has 2 aromatic carbocycles. The van der Waals surface area contributed by atoms with Crippen molar-refractivity contribution in [2.24, 2.45) is 10.7 Å². The quantitative estimate of drug-likeness (QED) is 0.0762. The zero-order valence-corrected chi connectivity index (χ0v) is 22.3. The summed E-state index contributed by atoms with van der Waals surface area (Å²) in [6.45, 7) is 8.68. The van der Waals surface area contributed by atoms with Crippen molar-refractivity contribution in [3.05, 3.63) is 75.9 Å². The highest BCUT2D eigenvalue weighted by molar-refractivity contribution is 7.90. The number of sulfonamides is 2. The third-order valence-corrected chi connectivity index (χ3v) is 8.58. The monoisotopic (exact) mass is 553 g/mol. The van der Waals surface area contributed by atoms with Gasteiger partial charge in [0.05, 0.1) is 22.0 Å². The Kier molecular flexibility index (Phi) is 9.92. The number of nitrogens with zero attached hydrogens (tertiary/aromatic N) is 2. The molecule has 2 aromatic rings. The van der Waals surface area contributed by atoms with Gasteiger partial charge in [-0.2, -0.15) is 0 Å². The van der Waals surface area contributed by atoms with E-state index in [4.69, 9.17) is 5.73 Å². The first-order valence-electron chi connectivity index (χ1n) is 11.2. The summed E-state index contributed by atoms with van der Waals surface area (Å²) >= 11 is 0. The van der Waals surface area contributed by atoms with E-state index < -0.39 is 47.7 Å². The van der Waals surface area contributed by atoms with E-state index in [0.29, 0.717) is 11.1 Å². The third kappa shape index (κ3) is 7.82. The lowest BCUT2D eigenvalue weighted by molar-refractivity contribution is -0.387. The van der Waals surface area contributed by atoms with Gasteiger partial charge in [-0.1, -0.05) is 35.9 Å². The Hall–Kier alpha value is -3.33. The number of nitrogens with one attached hydrogen (secondary N) is 2. The number of hydrogen-bond acceptors (Lipinski definition) is 8. The molecule has 0 heterocycles. The summed E-state index contributed by atoms with van der Waals surface area (Å²) in [6, 6.07) is 7.24. The van der Waals surface area contributed by atoms with Gasteiger partial charge in [0.2, 0.25) is 16.0 Å². The summed E-state index contributed by atoms with van der Waals surface area (Å²) in [4.78, 5) is 14.0. The van der Waals surface area contributed by atoms with Crippen molar-refractivity contribution in [1.82, 2.24) is 9.44 Å². The van der Waals surface area contributed by atoms with Crippen LogP contribution in [-0.4, -0.2) is 51.5 Å². The number of guanidine groups is 1. The van der Waals surface area contributed by atoms with Gasteiger partial charge in [-0.05, 0) is 50.8 Å². The first-order chi connectivity index (χ1) is 17.2. The number of nitro groups is 1. The summed E-state index contributed by atoms with van der Waals surface area (Å²) in [5.74, 6) is -0.347. The van der Waals surface area contributed by atoms with Crippen molar-refractivity contribution in [3.8, 4) is 0 Å². The Morgan fingerprint density at radius 3 is 2.32 bits per heavy atom. The van der Waals surface area contributed by atoms with Gasteiger partial charge in [0.15, 0.2) is 4.90 Å². The zero-order chi connectivity index (χ0) is 28.0. The van der Waals surface area contributed by atoms with E-state index in [0.717, 1.165) is 23.8 Å². The first kappa shape index (κ1) is 29.9. The Labute approximate surface area is 216 Å². The van der Waals surface area contributed by atoms with Crippen LogP contribution < -0.4 is 15.2 Å². The van der Waals surface area contributed by atoms with Crippen molar-refractivity contribution in [2.75, 3.05) is 6.54 Å². The van der Waals surface area contributed by atoms with Gasteiger partial charge in [0, 0.05) is 12.6 Å². The number of para-hydroxylation sites is 1. The van der Waals surface area contributed by atoms with Crippen LogP contribution in [0.25, 0.3) is 0 Å². The number of hydrogen-bond donors (Lipinski definition) is 4. The summed E-state index contributed by atoms with van der Waals surface area (Å²) in [6.07, 6.45) is 0.0713. The second-order valence-electron chi connectivity index (χ2n) is 8.42. The summed E-state index contributed by atoms with van der Waals surface area (Å²) in [5, 5.41) is 21.5. The Morgan fingerprint density at radius 1 is 1.16 bits per heavy atom. The standard InChI is InChI=1S/C23H31N5O7S2/c1-5-20(29)18(26-36(32,33)21-11-7-6-10-19(21)28(30)31)9-8-12-25-23(24)27-37(34,35)22-16(3)13-15(2)14-17(22)4/h5-7,10-11,13-14,18,20,26,29H,1,8-9,12H2,2-4H3,(H3,24,25,27)/t18-,20-/m0/s1. The number of aryl methyl sites for hydroxylation is 3. The molecule has 0 aliphatic rings. The van der Waals surface area contributed by atoms with E-state index in [2.05, 4.69) is 21.0 Å². The lowest BCUT2D eigenvalue weighted by Crippen LogP contribution is -2.42. The van der Waals surface area contributed by atoms with Crippen LogP contribution >= 0.6 is 0 Å². The van der Waals surface area contributed by atoms with Crippen molar-refractivity contribution in [3.63, 3.8) is 0 Å². The molecule has 0 fully saturated rings. The van der Waals surface area contributed by atoms with Crippen LogP contribution in [0.2, 0.25) is 0 Å². The van der Waals surface area contributed by atoms with E-state index in [1.165, 1.54) is 12.1 Å². The molecule has 0 spiro atoms. The molecule has 0 radical (unpaired) electrons. The minimum atomic E-state index is -4.36. The molecule has 2 rings (SSSR count). The second-order valence-corrected chi connectivity index (χ2v) is 11.7. The molecule has 0 unspecified atom stereocenters. The highest BCUT2D eigenvalue weighted by atomic mass is 32.2. The van der Waals surface area contributed by atoms with E-state index in [9.17, 15) is 32.1 Å². The highest BCUT2D eigenvalue weighted by Crippen LogP contribution is 2.24. The average Bonchev–Trinajstić information content (AvgIpc) is 2.79. The molecule has 202 valence electrons. The van der Waals surface area contributed by atoms with E-state index >= 15 is 0 Å². The van der Waals surface area contributed by atoms with E-state index in [1.54, 1.807) is 26.0 Å². The fourth-order valence-corrected chi connectivity index (χ4v) is 6.75. The molecule has 0 bridgehead atoms. The summed E-state index contributed by atoms with van der Waals surface area (Å²) in [7, 11) is -8.34.